The zero-order valence-electron chi connectivity index (χ0n) is 18.5. The number of carbonyl (C=O) groups is 1. The minimum Gasteiger partial charge on any atom is -0.480 e. The fourth-order valence-electron chi connectivity index (χ4n) is 3.10. The minimum atomic E-state index is -4.07. The van der Waals surface area contributed by atoms with Gasteiger partial charge >= 0.3 is 0 Å². The number of rotatable bonds is 8. The molecule has 0 aliphatic carbocycles. The van der Waals surface area contributed by atoms with Crippen molar-refractivity contribution in [2.45, 2.75) is 25.7 Å². The fraction of sp³-hybridized carbons (Fsp3) is 0.286. The van der Waals surface area contributed by atoms with Crippen molar-refractivity contribution < 1.29 is 22.7 Å². The van der Waals surface area contributed by atoms with Crippen molar-refractivity contribution in [1.29, 1.82) is 0 Å². The smallest absolute Gasteiger partial charge is 0.267 e. The summed E-state index contributed by atoms with van der Waals surface area (Å²) in [7, 11) is -1.09. The first-order valence-electron chi connectivity index (χ1n) is 9.77. The van der Waals surface area contributed by atoms with E-state index >= 15 is 0 Å². The van der Waals surface area contributed by atoms with Crippen molar-refractivity contribution in [2.75, 3.05) is 23.8 Å². The van der Waals surface area contributed by atoms with Gasteiger partial charge in [-0.3, -0.25) is 9.52 Å². The van der Waals surface area contributed by atoms with Gasteiger partial charge in [-0.05, 0) is 38.0 Å². The van der Waals surface area contributed by atoms with Gasteiger partial charge < -0.3 is 14.8 Å². The van der Waals surface area contributed by atoms with Gasteiger partial charge in [-0.1, -0.05) is 18.2 Å². The number of sulfonamides is 1. The summed E-state index contributed by atoms with van der Waals surface area (Å²) in [6, 6.07) is 6.74. The molecule has 0 atom stereocenters. The molecule has 0 aliphatic heterocycles. The molecule has 2 aromatic heterocycles. The number of benzene rings is 1. The third-order valence-electron chi connectivity index (χ3n) is 4.69. The number of carbonyl (C=O) groups excluding carboxylic acids is 1. The van der Waals surface area contributed by atoms with E-state index in [1.165, 1.54) is 30.3 Å². The molecule has 0 radical (unpaired) electrons. The van der Waals surface area contributed by atoms with Crippen molar-refractivity contribution in [3.8, 4) is 11.8 Å². The number of methoxy groups -OCH3 is 1. The average Bonchev–Trinajstić information content (AvgIpc) is 3.11. The van der Waals surface area contributed by atoms with E-state index in [0.717, 1.165) is 11.1 Å². The molecule has 1 amide bonds. The molecular formula is C21H25N5O5S. The highest BCUT2D eigenvalue weighted by Crippen LogP contribution is 2.29. The SMILES string of the molecule is CCOc1c(C(=O)Nc2cnc(OC)c(S(=O)(=O)Nc3c(C)cccc3C)c2)cnn1C. The van der Waals surface area contributed by atoms with Crippen LogP contribution in [0.15, 0.2) is 41.6 Å². The normalized spacial score (nSPS) is 11.2. The predicted molar refractivity (Wildman–Crippen MR) is 120 cm³/mol. The molecule has 32 heavy (non-hydrogen) atoms. The molecule has 0 saturated carbocycles. The van der Waals surface area contributed by atoms with Gasteiger partial charge in [0.25, 0.3) is 15.9 Å². The Morgan fingerprint density at radius 1 is 1.19 bits per heavy atom. The van der Waals surface area contributed by atoms with Gasteiger partial charge in [-0.2, -0.15) is 5.10 Å². The summed E-state index contributed by atoms with van der Waals surface area (Å²) in [6.07, 6.45) is 2.68. The zero-order chi connectivity index (χ0) is 23.5. The summed E-state index contributed by atoms with van der Waals surface area (Å²) in [4.78, 5) is 16.6. The van der Waals surface area contributed by atoms with Gasteiger partial charge in [0.15, 0.2) is 4.90 Å². The third-order valence-corrected chi connectivity index (χ3v) is 6.03. The van der Waals surface area contributed by atoms with E-state index in [4.69, 9.17) is 9.47 Å². The minimum absolute atomic E-state index is 0.0990. The third kappa shape index (κ3) is 4.67. The Morgan fingerprint density at radius 3 is 2.50 bits per heavy atom. The molecule has 0 fully saturated rings. The number of anilines is 2. The molecule has 0 unspecified atom stereocenters. The van der Waals surface area contributed by atoms with Crippen molar-refractivity contribution in [3.63, 3.8) is 0 Å². The van der Waals surface area contributed by atoms with Gasteiger partial charge in [0.2, 0.25) is 11.8 Å². The number of ether oxygens (including phenoxy) is 2. The van der Waals surface area contributed by atoms with Crippen LogP contribution in [-0.4, -0.2) is 42.8 Å². The Morgan fingerprint density at radius 2 is 1.88 bits per heavy atom. The largest absolute Gasteiger partial charge is 0.480 e. The van der Waals surface area contributed by atoms with Gasteiger partial charge in [-0.25, -0.2) is 18.1 Å². The lowest BCUT2D eigenvalue weighted by Gasteiger charge is -2.15. The number of hydrogen-bond acceptors (Lipinski definition) is 7. The van der Waals surface area contributed by atoms with Gasteiger partial charge in [0, 0.05) is 7.05 Å². The number of amides is 1. The highest BCUT2D eigenvalue weighted by atomic mass is 32.2. The number of nitrogens with zero attached hydrogens (tertiary/aromatic N) is 3. The number of hydrogen-bond donors (Lipinski definition) is 2. The molecule has 2 N–H and O–H groups in total. The number of para-hydroxylation sites is 1. The lowest BCUT2D eigenvalue weighted by atomic mass is 10.1. The maximum Gasteiger partial charge on any atom is 0.267 e. The summed E-state index contributed by atoms with van der Waals surface area (Å²) in [6.45, 7) is 5.76. The Labute approximate surface area is 186 Å². The summed E-state index contributed by atoms with van der Waals surface area (Å²) < 4.78 is 41.0. The molecule has 2 heterocycles. The topological polar surface area (TPSA) is 124 Å². The monoisotopic (exact) mass is 459 g/mol. The lowest BCUT2D eigenvalue weighted by molar-refractivity contribution is 0.102. The molecule has 0 spiro atoms. The Hall–Kier alpha value is -3.60. The van der Waals surface area contributed by atoms with E-state index in [0.29, 0.717) is 18.2 Å². The maximum absolute atomic E-state index is 13.2. The van der Waals surface area contributed by atoms with E-state index in [1.807, 2.05) is 6.07 Å². The Balaban J connectivity index is 1.94. The van der Waals surface area contributed by atoms with Crippen molar-refractivity contribution in [3.05, 3.63) is 53.3 Å². The van der Waals surface area contributed by atoms with E-state index in [2.05, 4.69) is 20.1 Å². The predicted octanol–water partition coefficient (Wildman–Crippen LogP) is 2.89. The first-order chi connectivity index (χ1) is 15.2. The van der Waals surface area contributed by atoms with E-state index < -0.39 is 15.9 Å². The van der Waals surface area contributed by atoms with E-state index in [-0.39, 0.29) is 22.0 Å². The summed E-state index contributed by atoms with van der Waals surface area (Å²) in [5.74, 6) is -0.311. The molecule has 0 aliphatic rings. The molecule has 10 nitrogen and oxygen atoms in total. The number of aryl methyl sites for hydroxylation is 3. The van der Waals surface area contributed by atoms with Crippen molar-refractivity contribution in [1.82, 2.24) is 14.8 Å². The number of aromatic nitrogens is 3. The van der Waals surface area contributed by atoms with Crippen LogP contribution in [0.2, 0.25) is 0 Å². The molecule has 170 valence electrons. The lowest BCUT2D eigenvalue weighted by Crippen LogP contribution is -2.18. The second-order valence-electron chi connectivity index (χ2n) is 6.98. The second-order valence-corrected chi connectivity index (χ2v) is 8.63. The molecule has 0 saturated heterocycles. The summed E-state index contributed by atoms with van der Waals surface area (Å²) in [5, 5.41) is 6.67. The zero-order valence-corrected chi connectivity index (χ0v) is 19.3. The molecule has 1 aromatic carbocycles. The van der Waals surface area contributed by atoms with E-state index in [1.54, 1.807) is 40.0 Å². The number of nitrogens with one attached hydrogen (secondary N) is 2. The van der Waals surface area contributed by atoms with Crippen molar-refractivity contribution >= 4 is 27.3 Å². The highest BCUT2D eigenvalue weighted by molar-refractivity contribution is 7.92. The first kappa shape index (κ1) is 23.1. The summed E-state index contributed by atoms with van der Waals surface area (Å²) in [5.41, 5.74) is 2.39. The second kappa shape index (κ2) is 9.27. The molecular weight excluding hydrogens is 434 g/mol. The van der Waals surface area contributed by atoms with Crippen LogP contribution < -0.4 is 19.5 Å². The van der Waals surface area contributed by atoms with E-state index in [9.17, 15) is 13.2 Å². The standard InChI is InChI=1S/C21H25N5O5S/c1-6-31-21-16(12-23-26(21)4)19(27)24-15-10-17(20(30-5)22-11-15)32(28,29)25-18-13(2)8-7-9-14(18)3/h7-12,25H,6H2,1-5H3,(H,24,27). The van der Waals surface area contributed by atoms with Crippen LogP contribution in [0.1, 0.15) is 28.4 Å². The van der Waals surface area contributed by atoms with Crippen LogP contribution in [0.25, 0.3) is 0 Å². The average molecular weight is 460 g/mol. The molecule has 0 bridgehead atoms. The van der Waals surface area contributed by atoms with Crippen LogP contribution >= 0.6 is 0 Å². The van der Waals surface area contributed by atoms with Gasteiger partial charge in [0.05, 0.1) is 37.5 Å². The quantitative estimate of drug-likeness (QED) is 0.531. The fourth-order valence-corrected chi connectivity index (χ4v) is 4.45. The van der Waals surface area contributed by atoms with Gasteiger partial charge in [-0.15, -0.1) is 0 Å². The molecule has 3 rings (SSSR count). The van der Waals surface area contributed by atoms with Crippen molar-refractivity contribution in [2.24, 2.45) is 7.05 Å². The maximum atomic E-state index is 13.2. The van der Waals surface area contributed by atoms with Crippen LogP contribution in [0.3, 0.4) is 0 Å². The van der Waals surface area contributed by atoms with Crippen LogP contribution in [0.5, 0.6) is 11.8 Å². The Kier molecular flexibility index (Phi) is 6.68. The Bertz CT molecular complexity index is 1230. The first-order valence-corrected chi connectivity index (χ1v) is 11.3. The van der Waals surface area contributed by atoms with Crippen LogP contribution in [0, 0.1) is 13.8 Å². The highest BCUT2D eigenvalue weighted by Gasteiger charge is 2.24. The van der Waals surface area contributed by atoms with Crippen LogP contribution in [0.4, 0.5) is 11.4 Å². The summed E-state index contributed by atoms with van der Waals surface area (Å²) >= 11 is 0. The molecule has 3 aromatic rings. The molecule has 11 heteroatoms. The van der Waals surface area contributed by atoms with Gasteiger partial charge in [0.1, 0.15) is 5.56 Å². The number of pyridine rings is 1. The van der Waals surface area contributed by atoms with Crippen LogP contribution in [-0.2, 0) is 17.1 Å².